The van der Waals surface area contributed by atoms with Gasteiger partial charge in [-0.05, 0) is 49.3 Å². The third-order valence-electron chi connectivity index (χ3n) is 6.72. The Morgan fingerprint density at radius 1 is 1.24 bits per heavy atom. The van der Waals surface area contributed by atoms with Crippen molar-refractivity contribution >= 4 is 17.0 Å². The summed E-state index contributed by atoms with van der Waals surface area (Å²) in [6.45, 7) is 2.70. The predicted molar refractivity (Wildman–Crippen MR) is 144 cm³/mol. The quantitative estimate of drug-likeness (QED) is 0.437. The molecule has 1 amide bonds. The molecule has 1 aliphatic rings. The molecular weight excluding hydrogens is 486 g/mol. The van der Waals surface area contributed by atoms with Gasteiger partial charge in [-0.25, -0.2) is 4.79 Å². The number of nitrogens with zero attached hydrogens (tertiary/aromatic N) is 3. The molecule has 38 heavy (non-hydrogen) atoms. The second-order valence-corrected chi connectivity index (χ2v) is 9.76. The van der Waals surface area contributed by atoms with E-state index in [-0.39, 0.29) is 17.8 Å². The molecule has 3 atom stereocenters. The van der Waals surface area contributed by atoms with E-state index in [1.54, 1.807) is 11.7 Å². The van der Waals surface area contributed by atoms with E-state index in [1.165, 1.54) is 0 Å². The normalized spacial score (nSPS) is 19.0. The average molecular weight is 522 g/mol. The van der Waals surface area contributed by atoms with Crippen molar-refractivity contribution in [3.63, 3.8) is 0 Å². The number of aromatic nitrogens is 1. The Labute approximate surface area is 222 Å². The van der Waals surface area contributed by atoms with Crippen molar-refractivity contribution in [1.82, 2.24) is 20.1 Å². The van der Waals surface area contributed by atoms with Crippen LogP contribution in [0.5, 0.6) is 0 Å². The van der Waals surface area contributed by atoms with Gasteiger partial charge in [-0.3, -0.25) is 9.36 Å². The van der Waals surface area contributed by atoms with E-state index < -0.39 is 12.1 Å². The number of rotatable bonds is 9. The standard InChI is InChI=1S/C28H35N5O5/c1-32(2)11-12-33-24-15-21(8-9-25(24)38-28(33)35)20-6-4-19(5-7-20)14-22(16-29)31-27(34)26-18-30-17-23(36-3)10-13-37-26/h4-9,15,22-23,26,30H,10-14,17-18H2,1-3H3,(H,31,34). The zero-order valence-electron chi connectivity index (χ0n) is 22.1. The number of nitriles is 1. The maximum Gasteiger partial charge on any atom is 0.419 e. The summed E-state index contributed by atoms with van der Waals surface area (Å²) in [5.41, 5.74) is 4.17. The molecule has 1 fully saturated rings. The highest BCUT2D eigenvalue weighted by Gasteiger charge is 2.25. The van der Waals surface area contributed by atoms with Gasteiger partial charge in [-0.2, -0.15) is 5.26 Å². The Balaban J connectivity index is 1.40. The van der Waals surface area contributed by atoms with E-state index in [0.717, 1.165) is 28.8 Å². The number of nitrogens with one attached hydrogen (secondary N) is 2. The summed E-state index contributed by atoms with van der Waals surface area (Å²) in [7, 11) is 5.58. The van der Waals surface area contributed by atoms with Crippen molar-refractivity contribution in [2.75, 3.05) is 47.4 Å². The fraction of sp³-hybridized carbons (Fsp3) is 0.464. The van der Waals surface area contributed by atoms with Gasteiger partial charge in [0.25, 0.3) is 5.91 Å². The monoisotopic (exact) mass is 521 g/mol. The molecular formula is C28H35N5O5. The Bertz CT molecular complexity index is 1310. The maximum absolute atomic E-state index is 12.7. The highest BCUT2D eigenvalue weighted by atomic mass is 16.5. The summed E-state index contributed by atoms with van der Waals surface area (Å²) in [6, 6.07) is 15.1. The fourth-order valence-corrected chi connectivity index (χ4v) is 4.46. The molecule has 202 valence electrons. The van der Waals surface area contributed by atoms with Crippen molar-refractivity contribution < 1.29 is 18.7 Å². The summed E-state index contributed by atoms with van der Waals surface area (Å²) >= 11 is 0. The van der Waals surface area contributed by atoms with E-state index in [9.17, 15) is 14.9 Å². The number of benzene rings is 2. The SMILES string of the molecule is COC1CCOC(C(=O)NC(C#N)Cc2ccc(-c3ccc4oc(=O)n(CCN(C)C)c4c3)cc2)CNC1. The number of carbonyl (C=O) groups excluding carboxylic acids is 1. The molecule has 0 spiro atoms. The van der Waals surface area contributed by atoms with Gasteiger partial charge < -0.3 is 29.4 Å². The molecule has 3 aromatic rings. The van der Waals surface area contributed by atoms with Gasteiger partial charge in [0.15, 0.2) is 5.58 Å². The van der Waals surface area contributed by atoms with Crippen LogP contribution in [0.3, 0.4) is 0 Å². The smallest absolute Gasteiger partial charge is 0.408 e. The average Bonchev–Trinajstić information content (AvgIpc) is 3.21. The van der Waals surface area contributed by atoms with E-state index in [2.05, 4.69) is 16.7 Å². The minimum Gasteiger partial charge on any atom is -0.408 e. The molecule has 0 bridgehead atoms. The Morgan fingerprint density at radius 3 is 2.71 bits per heavy atom. The number of hydrogen-bond acceptors (Lipinski definition) is 8. The molecule has 2 aromatic carbocycles. The van der Waals surface area contributed by atoms with Gasteiger partial charge >= 0.3 is 5.76 Å². The molecule has 1 saturated heterocycles. The third kappa shape index (κ3) is 6.88. The maximum atomic E-state index is 12.7. The van der Waals surface area contributed by atoms with E-state index in [1.807, 2.05) is 61.5 Å². The second-order valence-electron chi connectivity index (χ2n) is 9.76. The van der Waals surface area contributed by atoms with Crippen LogP contribution in [0, 0.1) is 11.3 Å². The topological polar surface area (TPSA) is 122 Å². The third-order valence-corrected chi connectivity index (χ3v) is 6.72. The highest BCUT2D eigenvalue weighted by Crippen LogP contribution is 2.25. The Kier molecular flexibility index (Phi) is 9.31. The first kappa shape index (κ1) is 27.5. The first-order valence-electron chi connectivity index (χ1n) is 12.8. The number of methoxy groups -OCH3 is 1. The van der Waals surface area contributed by atoms with Crippen LogP contribution in [-0.4, -0.2) is 81.1 Å². The van der Waals surface area contributed by atoms with E-state index in [4.69, 9.17) is 13.9 Å². The van der Waals surface area contributed by atoms with Gasteiger partial charge in [-0.15, -0.1) is 0 Å². The predicted octanol–water partition coefficient (Wildman–Crippen LogP) is 1.77. The summed E-state index contributed by atoms with van der Waals surface area (Å²) in [6.07, 6.45) is 0.477. The highest BCUT2D eigenvalue weighted by molar-refractivity contribution is 5.82. The molecule has 2 N–H and O–H groups in total. The number of ether oxygens (including phenoxy) is 2. The molecule has 0 saturated carbocycles. The van der Waals surface area contributed by atoms with Gasteiger partial charge in [0.05, 0.1) is 24.3 Å². The molecule has 1 aromatic heterocycles. The van der Waals surface area contributed by atoms with Crippen LogP contribution < -0.4 is 16.4 Å². The van der Waals surface area contributed by atoms with Gasteiger partial charge in [-0.1, -0.05) is 30.3 Å². The van der Waals surface area contributed by atoms with Crippen molar-refractivity contribution in [1.29, 1.82) is 5.26 Å². The number of carbonyl (C=O) groups is 1. The summed E-state index contributed by atoms with van der Waals surface area (Å²) in [5.74, 6) is -0.663. The van der Waals surface area contributed by atoms with E-state index >= 15 is 0 Å². The first-order valence-corrected chi connectivity index (χ1v) is 12.8. The Hall–Kier alpha value is -3.49. The lowest BCUT2D eigenvalue weighted by molar-refractivity contribution is -0.134. The lowest BCUT2D eigenvalue weighted by atomic mass is 10.0. The van der Waals surface area contributed by atoms with Crippen molar-refractivity contribution in [2.45, 2.75) is 37.6 Å². The number of amides is 1. The van der Waals surface area contributed by atoms with Crippen LogP contribution in [-0.2, 0) is 27.2 Å². The van der Waals surface area contributed by atoms with Crippen LogP contribution in [0.25, 0.3) is 22.2 Å². The second kappa shape index (κ2) is 12.8. The van der Waals surface area contributed by atoms with Crippen LogP contribution in [0.2, 0.25) is 0 Å². The van der Waals surface area contributed by atoms with Crippen LogP contribution in [0.15, 0.2) is 51.7 Å². The van der Waals surface area contributed by atoms with Crippen molar-refractivity contribution in [2.24, 2.45) is 0 Å². The van der Waals surface area contributed by atoms with Crippen LogP contribution in [0.1, 0.15) is 12.0 Å². The van der Waals surface area contributed by atoms with Crippen molar-refractivity contribution in [3.05, 3.63) is 58.6 Å². The lowest BCUT2D eigenvalue weighted by Gasteiger charge is -2.25. The van der Waals surface area contributed by atoms with Gasteiger partial charge in [0.2, 0.25) is 0 Å². The van der Waals surface area contributed by atoms with Crippen molar-refractivity contribution in [3.8, 4) is 17.2 Å². The number of oxazole rings is 1. The molecule has 0 aliphatic carbocycles. The molecule has 3 unspecified atom stereocenters. The first-order chi connectivity index (χ1) is 18.4. The summed E-state index contributed by atoms with van der Waals surface area (Å²) < 4.78 is 18.1. The lowest BCUT2D eigenvalue weighted by Crippen LogP contribution is -2.49. The fourth-order valence-electron chi connectivity index (χ4n) is 4.46. The molecule has 10 heteroatoms. The molecule has 2 heterocycles. The Morgan fingerprint density at radius 2 is 2.00 bits per heavy atom. The summed E-state index contributed by atoms with van der Waals surface area (Å²) in [5, 5.41) is 15.7. The number of likely N-dealkylation sites (N-methyl/N-ethyl adjacent to an activating group) is 1. The zero-order chi connectivity index (χ0) is 27.1. The number of hydrogen-bond donors (Lipinski definition) is 2. The van der Waals surface area contributed by atoms with Crippen LogP contribution >= 0.6 is 0 Å². The summed E-state index contributed by atoms with van der Waals surface area (Å²) in [4.78, 5) is 27.1. The molecule has 0 radical (unpaired) electrons. The number of fused-ring (bicyclic) bond motifs is 1. The van der Waals surface area contributed by atoms with E-state index in [0.29, 0.717) is 44.7 Å². The zero-order valence-corrected chi connectivity index (χ0v) is 22.1. The minimum atomic E-state index is -0.678. The molecule has 4 rings (SSSR count). The molecule has 1 aliphatic heterocycles. The van der Waals surface area contributed by atoms with Gasteiger partial charge in [0, 0.05) is 39.7 Å². The molecule has 10 nitrogen and oxygen atoms in total. The largest absolute Gasteiger partial charge is 0.419 e. The minimum absolute atomic E-state index is 0.0588. The van der Waals surface area contributed by atoms with Gasteiger partial charge in [0.1, 0.15) is 12.1 Å². The van der Waals surface area contributed by atoms with Crippen LogP contribution in [0.4, 0.5) is 0 Å².